The maximum Gasteiger partial charge on any atom is 0.254 e. The van der Waals surface area contributed by atoms with E-state index in [1.807, 2.05) is 24.3 Å². The number of carbonyl (C=O) groups excluding carboxylic acids is 2. The number of rotatable bonds is 4. The van der Waals surface area contributed by atoms with Crippen molar-refractivity contribution >= 4 is 11.8 Å². The van der Waals surface area contributed by atoms with Crippen LogP contribution in [0.4, 0.5) is 0 Å². The molecular weight excluding hydrogens is 384 g/mol. The normalized spacial score (nSPS) is 15.7. The third-order valence-corrected chi connectivity index (χ3v) is 5.54. The summed E-state index contributed by atoms with van der Waals surface area (Å²) in [5, 5.41) is 0. The third kappa shape index (κ3) is 3.92. The van der Waals surface area contributed by atoms with Crippen LogP contribution in [0.2, 0.25) is 0 Å². The van der Waals surface area contributed by atoms with E-state index in [-0.39, 0.29) is 11.8 Å². The fraction of sp³-hybridized carbons (Fsp3) is 0.391. The summed E-state index contributed by atoms with van der Waals surface area (Å²) in [6.45, 7) is 4.94. The summed E-state index contributed by atoms with van der Waals surface area (Å²) in [5.74, 6) is 1.44. The minimum Gasteiger partial charge on any atom is -0.493 e. The summed E-state index contributed by atoms with van der Waals surface area (Å²) in [6, 6.07) is 11.1. The van der Waals surface area contributed by atoms with Crippen molar-refractivity contribution in [1.82, 2.24) is 9.80 Å². The van der Waals surface area contributed by atoms with Crippen LogP contribution >= 0.6 is 0 Å². The SMILES string of the molecule is CCc1ccc(C(=O)N2CCN(C(=O)c3cc(OC)c4c(c3)OCCO4)CC2)cc1. The number of fused-ring (bicyclic) bond motifs is 1. The number of amides is 2. The molecular formula is C23H26N2O5. The van der Waals surface area contributed by atoms with Gasteiger partial charge in [0.15, 0.2) is 11.5 Å². The monoisotopic (exact) mass is 410 g/mol. The highest BCUT2D eigenvalue weighted by Crippen LogP contribution is 2.40. The van der Waals surface area contributed by atoms with Gasteiger partial charge in [-0.15, -0.1) is 0 Å². The van der Waals surface area contributed by atoms with Gasteiger partial charge in [0, 0.05) is 37.3 Å². The van der Waals surface area contributed by atoms with Crippen molar-refractivity contribution in [2.24, 2.45) is 0 Å². The second-order valence-electron chi connectivity index (χ2n) is 7.34. The molecule has 0 aromatic heterocycles. The Morgan fingerprint density at radius 1 is 0.900 bits per heavy atom. The van der Waals surface area contributed by atoms with Gasteiger partial charge in [-0.1, -0.05) is 19.1 Å². The molecule has 7 heteroatoms. The molecule has 0 radical (unpaired) electrons. The number of hydrogen-bond donors (Lipinski definition) is 0. The number of carbonyl (C=O) groups is 2. The number of hydrogen-bond acceptors (Lipinski definition) is 5. The van der Waals surface area contributed by atoms with Gasteiger partial charge in [0.2, 0.25) is 5.75 Å². The third-order valence-electron chi connectivity index (χ3n) is 5.54. The summed E-state index contributed by atoms with van der Waals surface area (Å²) in [4.78, 5) is 29.4. The van der Waals surface area contributed by atoms with Crippen LogP contribution in [-0.2, 0) is 6.42 Å². The predicted octanol–water partition coefficient (Wildman–Crippen LogP) is 2.63. The predicted molar refractivity (Wildman–Crippen MR) is 112 cm³/mol. The Labute approximate surface area is 176 Å². The Balaban J connectivity index is 1.42. The van der Waals surface area contributed by atoms with Crippen molar-refractivity contribution in [3.63, 3.8) is 0 Å². The fourth-order valence-electron chi connectivity index (χ4n) is 3.76. The molecule has 2 aliphatic heterocycles. The second kappa shape index (κ2) is 8.65. The molecule has 158 valence electrons. The number of benzene rings is 2. The molecule has 2 heterocycles. The zero-order valence-electron chi connectivity index (χ0n) is 17.3. The smallest absolute Gasteiger partial charge is 0.254 e. The maximum atomic E-state index is 13.0. The second-order valence-corrected chi connectivity index (χ2v) is 7.34. The average molecular weight is 410 g/mol. The lowest BCUT2D eigenvalue weighted by Gasteiger charge is -2.35. The first-order valence-electron chi connectivity index (χ1n) is 10.3. The van der Waals surface area contributed by atoms with Gasteiger partial charge in [-0.2, -0.15) is 0 Å². The topological polar surface area (TPSA) is 68.3 Å². The molecule has 2 aliphatic rings. The van der Waals surface area contributed by atoms with Crippen LogP contribution in [0, 0.1) is 0 Å². The Morgan fingerprint density at radius 3 is 2.10 bits per heavy atom. The molecule has 2 amide bonds. The summed E-state index contributed by atoms with van der Waals surface area (Å²) in [6.07, 6.45) is 0.944. The van der Waals surface area contributed by atoms with Crippen molar-refractivity contribution in [3.05, 3.63) is 53.1 Å². The molecule has 30 heavy (non-hydrogen) atoms. The van der Waals surface area contributed by atoms with Gasteiger partial charge in [-0.05, 0) is 36.2 Å². The minimum absolute atomic E-state index is 0.00532. The molecule has 2 aromatic rings. The zero-order chi connectivity index (χ0) is 21.1. The molecule has 0 aliphatic carbocycles. The van der Waals surface area contributed by atoms with Crippen molar-refractivity contribution in [2.75, 3.05) is 46.5 Å². The van der Waals surface area contributed by atoms with E-state index in [1.165, 1.54) is 5.56 Å². The van der Waals surface area contributed by atoms with Crippen LogP contribution in [0.25, 0.3) is 0 Å². The quantitative estimate of drug-likeness (QED) is 0.775. The first kappa shape index (κ1) is 20.1. The van der Waals surface area contributed by atoms with Crippen molar-refractivity contribution < 1.29 is 23.8 Å². The van der Waals surface area contributed by atoms with E-state index in [9.17, 15) is 9.59 Å². The van der Waals surface area contributed by atoms with E-state index < -0.39 is 0 Å². The standard InChI is InChI=1S/C23H26N2O5/c1-3-16-4-6-17(7-5-16)22(26)24-8-10-25(11-9-24)23(27)18-14-19(28-2)21-20(15-18)29-12-13-30-21/h4-7,14-15H,3,8-13H2,1-2H3. The van der Waals surface area contributed by atoms with Crippen molar-refractivity contribution in [2.45, 2.75) is 13.3 Å². The fourth-order valence-corrected chi connectivity index (χ4v) is 3.76. The van der Waals surface area contributed by atoms with E-state index in [0.29, 0.717) is 67.8 Å². The first-order valence-corrected chi connectivity index (χ1v) is 10.3. The van der Waals surface area contributed by atoms with Crippen LogP contribution < -0.4 is 14.2 Å². The van der Waals surface area contributed by atoms with E-state index in [4.69, 9.17) is 14.2 Å². The lowest BCUT2D eigenvalue weighted by Crippen LogP contribution is -2.50. The largest absolute Gasteiger partial charge is 0.493 e. The Bertz CT molecular complexity index is 916. The van der Waals surface area contributed by atoms with Crippen molar-refractivity contribution in [1.29, 1.82) is 0 Å². The van der Waals surface area contributed by atoms with E-state index in [1.54, 1.807) is 29.0 Å². The van der Waals surface area contributed by atoms with Gasteiger partial charge in [0.05, 0.1) is 7.11 Å². The van der Waals surface area contributed by atoms with E-state index in [2.05, 4.69) is 6.92 Å². The highest BCUT2D eigenvalue weighted by molar-refractivity contribution is 5.97. The van der Waals surface area contributed by atoms with E-state index in [0.717, 1.165) is 6.42 Å². The summed E-state index contributed by atoms with van der Waals surface area (Å²) < 4.78 is 16.6. The van der Waals surface area contributed by atoms with Gasteiger partial charge < -0.3 is 24.0 Å². The molecule has 0 bridgehead atoms. The summed E-state index contributed by atoms with van der Waals surface area (Å²) >= 11 is 0. The molecule has 7 nitrogen and oxygen atoms in total. The number of methoxy groups -OCH3 is 1. The minimum atomic E-state index is -0.107. The van der Waals surface area contributed by atoms with Gasteiger partial charge in [0.1, 0.15) is 13.2 Å². The molecule has 1 fully saturated rings. The Morgan fingerprint density at radius 2 is 1.50 bits per heavy atom. The van der Waals surface area contributed by atoms with Crippen LogP contribution in [-0.4, -0.2) is 68.1 Å². The molecule has 0 spiro atoms. The van der Waals surface area contributed by atoms with Crippen LogP contribution in [0.5, 0.6) is 17.2 Å². The molecule has 0 saturated carbocycles. The van der Waals surface area contributed by atoms with Crippen LogP contribution in [0.3, 0.4) is 0 Å². The lowest BCUT2D eigenvalue weighted by molar-refractivity contribution is 0.0534. The number of piperazine rings is 1. The molecule has 1 saturated heterocycles. The van der Waals surface area contributed by atoms with E-state index >= 15 is 0 Å². The van der Waals surface area contributed by atoms with Gasteiger partial charge in [-0.3, -0.25) is 9.59 Å². The number of aryl methyl sites for hydroxylation is 1. The average Bonchev–Trinajstić information content (AvgIpc) is 2.82. The zero-order valence-corrected chi connectivity index (χ0v) is 17.3. The Kier molecular flexibility index (Phi) is 5.79. The molecule has 4 rings (SSSR count). The maximum absolute atomic E-state index is 13.0. The van der Waals surface area contributed by atoms with Gasteiger partial charge >= 0.3 is 0 Å². The molecule has 0 atom stereocenters. The van der Waals surface area contributed by atoms with Gasteiger partial charge in [-0.25, -0.2) is 0 Å². The summed E-state index contributed by atoms with van der Waals surface area (Å²) in [7, 11) is 1.54. The van der Waals surface area contributed by atoms with Crippen LogP contribution in [0.15, 0.2) is 36.4 Å². The van der Waals surface area contributed by atoms with Gasteiger partial charge in [0.25, 0.3) is 11.8 Å². The molecule has 0 unspecified atom stereocenters. The number of ether oxygens (including phenoxy) is 3. The highest BCUT2D eigenvalue weighted by atomic mass is 16.6. The Hall–Kier alpha value is -3.22. The van der Waals surface area contributed by atoms with Crippen LogP contribution in [0.1, 0.15) is 33.2 Å². The summed E-state index contributed by atoms with van der Waals surface area (Å²) in [5.41, 5.74) is 2.38. The molecule has 2 aromatic carbocycles. The lowest BCUT2D eigenvalue weighted by atomic mass is 10.1. The van der Waals surface area contributed by atoms with Crippen molar-refractivity contribution in [3.8, 4) is 17.2 Å². The number of nitrogens with zero attached hydrogens (tertiary/aromatic N) is 2. The highest BCUT2D eigenvalue weighted by Gasteiger charge is 2.28. The first-order chi connectivity index (χ1) is 14.6. The molecule has 0 N–H and O–H groups in total.